The molecule has 2 aromatic carbocycles. The number of para-hydroxylation sites is 1. The Bertz CT molecular complexity index is 985. The number of non-ortho nitro benzene ring substituents is 1. The standard InChI is InChI=1S/C18H15N3O5S/c1-25-15-5-3-4-13(16(15)26-2)17(22)20-18-19-14(10-27-18)11-6-8-12(9-7-11)21(23)24/h3-10H,1-2H3,(H,19,20,22). The van der Waals surface area contributed by atoms with Gasteiger partial charge >= 0.3 is 0 Å². The zero-order valence-corrected chi connectivity index (χ0v) is 15.3. The fourth-order valence-corrected chi connectivity index (χ4v) is 3.16. The summed E-state index contributed by atoms with van der Waals surface area (Å²) in [5.74, 6) is 0.413. The minimum Gasteiger partial charge on any atom is -0.493 e. The topological polar surface area (TPSA) is 104 Å². The van der Waals surface area contributed by atoms with Crippen LogP contribution in [0, 0.1) is 10.1 Å². The number of nitrogens with one attached hydrogen (secondary N) is 1. The second kappa shape index (κ2) is 7.83. The Kier molecular flexibility index (Phi) is 5.32. The number of nitro benzene ring substituents is 1. The van der Waals surface area contributed by atoms with E-state index in [-0.39, 0.29) is 11.6 Å². The van der Waals surface area contributed by atoms with Gasteiger partial charge in [-0.05, 0) is 24.3 Å². The van der Waals surface area contributed by atoms with E-state index in [0.717, 1.165) is 5.56 Å². The van der Waals surface area contributed by atoms with E-state index in [0.29, 0.717) is 27.9 Å². The Morgan fingerprint density at radius 2 is 1.89 bits per heavy atom. The van der Waals surface area contributed by atoms with Gasteiger partial charge < -0.3 is 9.47 Å². The van der Waals surface area contributed by atoms with E-state index in [2.05, 4.69) is 10.3 Å². The summed E-state index contributed by atoms with van der Waals surface area (Å²) in [5.41, 5.74) is 1.66. The van der Waals surface area contributed by atoms with Crippen molar-refractivity contribution in [2.45, 2.75) is 0 Å². The molecule has 138 valence electrons. The quantitative estimate of drug-likeness (QED) is 0.508. The molecule has 0 aliphatic heterocycles. The number of ether oxygens (including phenoxy) is 2. The van der Waals surface area contributed by atoms with Gasteiger partial charge in [0.15, 0.2) is 16.6 Å². The van der Waals surface area contributed by atoms with Crippen LogP contribution < -0.4 is 14.8 Å². The number of amides is 1. The lowest BCUT2D eigenvalue weighted by atomic mass is 10.1. The van der Waals surface area contributed by atoms with Crippen LogP contribution in [0.1, 0.15) is 10.4 Å². The number of hydrogen-bond acceptors (Lipinski definition) is 7. The van der Waals surface area contributed by atoms with Gasteiger partial charge in [0, 0.05) is 23.1 Å². The molecule has 0 aliphatic carbocycles. The number of anilines is 1. The van der Waals surface area contributed by atoms with Crippen molar-refractivity contribution in [2.75, 3.05) is 19.5 Å². The molecule has 0 saturated heterocycles. The molecule has 27 heavy (non-hydrogen) atoms. The average molecular weight is 385 g/mol. The summed E-state index contributed by atoms with van der Waals surface area (Å²) in [6.45, 7) is 0. The number of carbonyl (C=O) groups excluding carboxylic acids is 1. The van der Waals surface area contributed by atoms with Gasteiger partial charge in [-0.25, -0.2) is 4.98 Å². The molecule has 1 N–H and O–H groups in total. The Morgan fingerprint density at radius 1 is 1.15 bits per heavy atom. The Balaban J connectivity index is 1.80. The molecule has 0 radical (unpaired) electrons. The van der Waals surface area contributed by atoms with Gasteiger partial charge in [-0.3, -0.25) is 20.2 Å². The normalized spacial score (nSPS) is 10.3. The molecule has 1 heterocycles. The zero-order valence-electron chi connectivity index (χ0n) is 14.5. The molecule has 1 aromatic heterocycles. The van der Waals surface area contributed by atoms with Crippen molar-refractivity contribution in [3.05, 3.63) is 63.5 Å². The van der Waals surface area contributed by atoms with Crippen molar-refractivity contribution in [1.82, 2.24) is 4.98 Å². The number of carbonyl (C=O) groups is 1. The van der Waals surface area contributed by atoms with Crippen molar-refractivity contribution < 1.29 is 19.2 Å². The number of nitro groups is 1. The average Bonchev–Trinajstić information content (AvgIpc) is 3.15. The number of aromatic nitrogens is 1. The van der Waals surface area contributed by atoms with Crippen molar-refractivity contribution >= 4 is 28.1 Å². The number of hydrogen-bond donors (Lipinski definition) is 1. The molecule has 3 rings (SSSR count). The highest BCUT2D eigenvalue weighted by Gasteiger charge is 2.18. The third kappa shape index (κ3) is 3.87. The lowest BCUT2D eigenvalue weighted by molar-refractivity contribution is -0.384. The second-order valence-electron chi connectivity index (χ2n) is 5.34. The molecule has 0 aliphatic rings. The van der Waals surface area contributed by atoms with Crippen LogP contribution in [-0.4, -0.2) is 30.0 Å². The van der Waals surface area contributed by atoms with E-state index in [1.165, 1.54) is 37.7 Å². The first-order valence-electron chi connectivity index (χ1n) is 7.76. The maximum absolute atomic E-state index is 12.6. The summed E-state index contributed by atoms with van der Waals surface area (Å²) in [6, 6.07) is 11.1. The van der Waals surface area contributed by atoms with Crippen LogP contribution in [0.4, 0.5) is 10.8 Å². The lowest BCUT2D eigenvalue weighted by Crippen LogP contribution is -2.13. The van der Waals surface area contributed by atoms with Gasteiger partial charge in [-0.15, -0.1) is 11.3 Å². The van der Waals surface area contributed by atoms with Gasteiger partial charge in [-0.1, -0.05) is 6.07 Å². The highest BCUT2D eigenvalue weighted by atomic mass is 32.1. The predicted molar refractivity (Wildman–Crippen MR) is 102 cm³/mol. The SMILES string of the molecule is COc1cccc(C(=O)Nc2nc(-c3ccc([N+](=O)[O-])cc3)cs2)c1OC. The molecule has 1 amide bonds. The van der Waals surface area contributed by atoms with Crippen LogP contribution in [0.3, 0.4) is 0 Å². The third-order valence-corrected chi connectivity index (χ3v) is 4.50. The number of nitrogens with zero attached hydrogens (tertiary/aromatic N) is 2. The van der Waals surface area contributed by atoms with Crippen molar-refractivity contribution in [2.24, 2.45) is 0 Å². The smallest absolute Gasteiger partial charge is 0.269 e. The van der Waals surface area contributed by atoms with Gasteiger partial charge in [-0.2, -0.15) is 0 Å². The predicted octanol–water partition coefficient (Wildman–Crippen LogP) is 3.99. The van der Waals surface area contributed by atoms with E-state index < -0.39 is 4.92 Å². The molecule has 0 unspecified atom stereocenters. The Hall–Kier alpha value is -3.46. The van der Waals surface area contributed by atoms with E-state index in [1.807, 2.05) is 0 Å². The zero-order chi connectivity index (χ0) is 19.4. The fourth-order valence-electron chi connectivity index (χ4n) is 2.45. The molecule has 3 aromatic rings. The van der Waals surface area contributed by atoms with Crippen LogP contribution >= 0.6 is 11.3 Å². The molecular weight excluding hydrogens is 370 g/mol. The molecular formula is C18H15N3O5S. The minimum absolute atomic E-state index is 0.00706. The largest absolute Gasteiger partial charge is 0.493 e. The number of rotatable bonds is 6. The molecule has 8 nitrogen and oxygen atoms in total. The molecule has 0 bridgehead atoms. The summed E-state index contributed by atoms with van der Waals surface area (Å²) in [6.07, 6.45) is 0. The molecule has 0 spiro atoms. The molecule has 9 heteroatoms. The number of benzene rings is 2. The number of methoxy groups -OCH3 is 2. The van der Waals surface area contributed by atoms with Gasteiger partial charge in [0.25, 0.3) is 11.6 Å². The van der Waals surface area contributed by atoms with Crippen LogP contribution in [-0.2, 0) is 0 Å². The summed E-state index contributed by atoms with van der Waals surface area (Å²) >= 11 is 1.25. The van der Waals surface area contributed by atoms with Crippen LogP contribution in [0.5, 0.6) is 11.5 Å². The first-order chi connectivity index (χ1) is 13.0. The summed E-state index contributed by atoms with van der Waals surface area (Å²) in [4.78, 5) is 27.2. The van der Waals surface area contributed by atoms with E-state index in [9.17, 15) is 14.9 Å². The summed E-state index contributed by atoms with van der Waals surface area (Å²) in [7, 11) is 2.96. The third-order valence-electron chi connectivity index (χ3n) is 3.75. The van der Waals surface area contributed by atoms with Crippen LogP contribution in [0.25, 0.3) is 11.3 Å². The Morgan fingerprint density at radius 3 is 2.52 bits per heavy atom. The van der Waals surface area contributed by atoms with E-state index in [4.69, 9.17) is 9.47 Å². The Labute approximate surface area is 158 Å². The van der Waals surface area contributed by atoms with Crippen molar-refractivity contribution in [3.8, 4) is 22.8 Å². The van der Waals surface area contributed by atoms with Crippen molar-refractivity contribution in [3.63, 3.8) is 0 Å². The monoisotopic (exact) mass is 385 g/mol. The molecule has 0 saturated carbocycles. The molecule has 0 fully saturated rings. The van der Waals surface area contributed by atoms with Crippen LogP contribution in [0.15, 0.2) is 47.8 Å². The highest BCUT2D eigenvalue weighted by Crippen LogP contribution is 2.32. The molecule has 0 atom stereocenters. The van der Waals surface area contributed by atoms with Gasteiger partial charge in [0.05, 0.1) is 30.4 Å². The second-order valence-corrected chi connectivity index (χ2v) is 6.20. The van der Waals surface area contributed by atoms with Crippen LogP contribution in [0.2, 0.25) is 0 Å². The first-order valence-corrected chi connectivity index (χ1v) is 8.64. The maximum atomic E-state index is 12.6. The first kappa shape index (κ1) is 18.3. The van der Waals surface area contributed by atoms with Gasteiger partial charge in [0.2, 0.25) is 0 Å². The van der Waals surface area contributed by atoms with Gasteiger partial charge in [0.1, 0.15) is 0 Å². The van der Waals surface area contributed by atoms with E-state index in [1.54, 1.807) is 35.7 Å². The highest BCUT2D eigenvalue weighted by molar-refractivity contribution is 7.14. The maximum Gasteiger partial charge on any atom is 0.269 e. The lowest BCUT2D eigenvalue weighted by Gasteiger charge is -2.11. The number of thiazole rings is 1. The van der Waals surface area contributed by atoms with E-state index >= 15 is 0 Å². The minimum atomic E-state index is -0.460. The fraction of sp³-hybridized carbons (Fsp3) is 0.111. The van der Waals surface area contributed by atoms with Crippen molar-refractivity contribution in [1.29, 1.82) is 0 Å². The summed E-state index contributed by atoms with van der Waals surface area (Å²) in [5, 5.41) is 15.6. The summed E-state index contributed by atoms with van der Waals surface area (Å²) < 4.78 is 10.5.